The number of nitrogens with zero attached hydrogens (tertiary/aromatic N) is 3. The molecule has 0 aliphatic rings. The van der Waals surface area contributed by atoms with Gasteiger partial charge in [0.2, 0.25) is 0 Å². The summed E-state index contributed by atoms with van der Waals surface area (Å²) in [5.74, 6) is -0.0803. The summed E-state index contributed by atoms with van der Waals surface area (Å²) < 4.78 is 14.3. The number of unbranched alkanes of at least 4 members (excludes halogenated alkanes) is 1. The lowest BCUT2D eigenvalue weighted by atomic mass is 10.1. The monoisotopic (exact) mass is 501 g/mol. The van der Waals surface area contributed by atoms with Crippen LogP contribution < -0.4 is 0 Å². The Labute approximate surface area is 215 Å². The number of hydrogen-bond acceptors (Lipinski definition) is 6. The molecule has 2 aromatic carbocycles. The van der Waals surface area contributed by atoms with Gasteiger partial charge in [-0.05, 0) is 56.2 Å². The summed E-state index contributed by atoms with van der Waals surface area (Å²) in [5.41, 5.74) is 3.43. The second-order valence-electron chi connectivity index (χ2n) is 8.62. The highest BCUT2D eigenvalue weighted by Crippen LogP contribution is 2.29. The first kappa shape index (κ1) is 25.9. The molecule has 2 aromatic heterocycles. The third-order valence-corrected chi connectivity index (χ3v) is 6.18. The van der Waals surface area contributed by atoms with E-state index < -0.39 is 11.9 Å². The number of benzene rings is 2. The first-order valence-electron chi connectivity index (χ1n) is 12.6. The van der Waals surface area contributed by atoms with Crippen LogP contribution in [0, 0.1) is 0 Å². The summed E-state index contributed by atoms with van der Waals surface area (Å²) in [7, 11) is 0. The Kier molecular flexibility index (Phi) is 8.18. The van der Waals surface area contributed by atoms with Gasteiger partial charge in [0.15, 0.2) is 6.29 Å². The first-order valence-corrected chi connectivity index (χ1v) is 12.6. The quantitative estimate of drug-likeness (QED) is 0.202. The van der Waals surface area contributed by atoms with Crippen LogP contribution in [0.5, 0.6) is 0 Å². The third-order valence-electron chi connectivity index (χ3n) is 6.18. The van der Waals surface area contributed by atoms with Crippen molar-refractivity contribution in [1.29, 1.82) is 0 Å². The zero-order chi connectivity index (χ0) is 26.4. The number of carbonyl (C=O) groups is 3. The zero-order valence-electron chi connectivity index (χ0n) is 21.4. The number of aromatic nitrogens is 3. The van der Waals surface area contributed by atoms with E-state index in [0.717, 1.165) is 47.8 Å². The Morgan fingerprint density at radius 2 is 1.73 bits per heavy atom. The van der Waals surface area contributed by atoms with E-state index in [0.29, 0.717) is 29.2 Å². The van der Waals surface area contributed by atoms with Crippen LogP contribution in [0.4, 0.5) is 0 Å². The summed E-state index contributed by atoms with van der Waals surface area (Å²) in [4.78, 5) is 41.8. The molecule has 4 aromatic rings. The van der Waals surface area contributed by atoms with E-state index in [-0.39, 0.29) is 13.2 Å². The lowest BCUT2D eigenvalue weighted by molar-refractivity contribution is 0.0506. The summed E-state index contributed by atoms with van der Waals surface area (Å²) in [5, 5.41) is 0.807. The number of esters is 2. The fourth-order valence-corrected chi connectivity index (χ4v) is 4.45. The molecule has 0 amide bonds. The number of imidazole rings is 1. The van der Waals surface area contributed by atoms with Crippen molar-refractivity contribution in [2.75, 3.05) is 13.2 Å². The molecule has 0 spiro atoms. The largest absolute Gasteiger partial charge is 0.462 e. The molecule has 8 heteroatoms. The number of ether oxygens (including phenoxy) is 2. The number of para-hydroxylation sites is 1. The first-order chi connectivity index (χ1) is 18.0. The highest BCUT2D eigenvalue weighted by molar-refractivity contribution is 6.00. The summed E-state index contributed by atoms with van der Waals surface area (Å²) in [6.07, 6.45) is 5.24. The molecule has 37 heavy (non-hydrogen) atoms. The third kappa shape index (κ3) is 5.33. The normalized spacial score (nSPS) is 11.0. The van der Waals surface area contributed by atoms with Gasteiger partial charge < -0.3 is 18.6 Å². The van der Waals surface area contributed by atoms with Crippen LogP contribution >= 0.6 is 0 Å². The SMILES string of the molecule is CCCCc1ncc(C=O)n1Cc1ccc2c(c1)cc(C(=O)OCC)n2-c1ccccc1C(=O)OCC. The molecule has 0 aliphatic carbocycles. The Morgan fingerprint density at radius 3 is 2.46 bits per heavy atom. The molecule has 0 radical (unpaired) electrons. The Hall–Kier alpha value is -4.20. The van der Waals surface area contributed by atoms with Crippen LogP contribution in [-0.2, 0) is 22.4 Å². The Bertz CT molecular complexity index is 1430. The predicted octanol–water partition coefficient (Wildman–Crippen LogP) is 5.38. The molecular formula is C29H31N3O5. The van der Waals surface area contributed by atoms with Gasteiger partial charge in [-0.1, -0.05) is 31.5 Å². The van der Waals surface area contributed by atoms with E-state index >= 15 is 0 Å². The van der Waals surface area contributed by atoms with Crippen molar-refractivity contribution in [3.63, 3.8) is 0 Å². The Morgan fingerprint density at radius 1 is 0.973 bits per heavy atom. The van der Waals surface area contributed by atoms with Gasteiger partial charge in [0, 0.05) is 18.4 Å². The van der Waals surface area contributed by atoms with Crippen molar-refractivity contribution < 1.29 is 23.9 Å². The summed E-state index contributed by atoms with van der Waals surface area (Å²) in [6, 6.07) is 14.7. The second-order valence-corrected chi connectivity index (χ2v) is 8.62. The van der Waals surface area contributed by atoms with Crippen LogP contribution in [0.15, 0.2) is 54.7 Å². The number of fused-ring (bicyclic) bond motifs is 1. The maximum atomic E-state index is 13.0. The van der Waals surface area contributed by atoms with Crippen molar-refractivity contribution in [2.45, 2.75) is 46.6 Å². The minimum Gasteiger partial charge on any atom is -0.462 e. The topological polar surface area (TPSA) is 92.4 Å². The molecule has 192 valence electrons. The van der Waals surface area contributed by atoms with Gasteiger partial charge in [0.05, 0.1) is 36.2 Å². The molecule has 4 rings (SSSR count). The molecule has 0 fully saturated rings. The van der Waals surface area contributed by atoms with E-state index in [2.05, 4.69) is 11.9 Å². The highest BCUT2D eigenvalue weighted by Gasteiger charge is 2.22. The molecule has 0 bridgehead atoms. The molecule has 0 N–H and O–H groups in total. The van der Waals surface area contributed by atoms with Crippen LogP contribution in [0.25, 0.3) is 16.6 Å². The van der Waals surface area contributed by atoms with Gasteiger partial charge in [-0.15, -0.1) is 0 Å². The molecule has 2 heterocycles. The average molecular weight is 502 g/mol. The van der Waals surface area contributed by atoms with Crippen molar-refractivity contribution in [3.8, 4) is 5.69 Å². The minimum atomic E-state index is -0.487. The van der Waals surface area contributed by atoms with Crippen LogP contribution in [0.1, 0.15) is 76.3 Å². The number of carbonyl (C=O) groups excluding carboxylic acids is 3. The van der Waals surface area contributed by atoms with Crippen molar-refractivity contribution >= 4 is 29.1 Å². The zero-order valence-corrected chi connectivity index (χ0v) is 21.4. The molecule has 8 nitrogen and oxygen atoms in total. The smallest absolute Gasteiger partial charge is 0.355 e. The number of hydrogen-bond donors (Lipinski definition) is 0. The highest BCUT2D eigenvalue weighted by atomic mass is 16.5. The fourth-order valence-electron chi connectivity index (χ4n) is 4.45. The van der Waals surface area contributed by atoms with Crippen LogP contribution in [0.2, 0.25) is 0 Å². The van der Waals surface area contributed by atoms with E-state index in [1.54, 1.807) is 48.9 Å². The van der Waals surface area contributed by atoms with Gasteiger partial charge in [0.25, 0.3) is 0 Å². The van der Waals surface area contributed by atoms with Gasteiger partial charge >= 0.3 is 11.9 Å². The lowest BCUT2D eigenvalue weighted by Gasteiger charge is -2.14. The van der Waals surface area contributed by atoms with Crippen LogP contribution in [-0.4, -0.2) is 45.6 Å². The van der Waals surface area contributed by atoms with E-state index in [1.165, 1.54) is 0 Å². The molecule has 0 aliphatic heterocycles. The van der Waals surface area contributed by atoms with Gasteiger partial charge in [0.1, 0.15) is 17.2 Å². The minimum absolute atomic E-state index is 0.223. The van der Waals surface area contributed by atoms with E-state index in [1.807, 2.05) is 28.8 Å². The maximum absolute atomic E-state index is 13.0. The second kappa shape index (κ2) is 11.7. The van der Waals surface area contributed by atoms with Gasteiger partial charge in [-0.25, -0.2) is 14.6 Å². The van der Waals surface area contributed by atoms with E-state index in [4.69, 9.17) is 9.47 Å². The molecule has 0 saturated heterocycles. The molecule has 0 atom stereocenters. The standard InChI is InChI=1S/C29H31N3O5/c1-4-7-12-27-30-17-22(19-33)31(27)18-20-13-14-24-21(15-20)16-26(29(35)37-6-3)32(24)25-11-9-8-10-23(25)28(34)36-5-2/h8-11,13-17,19H,4-7,12,18H2,1-3H3. The van der Waals surface area contributed by atoms with Crippen molar-refractivity contribution in [2.24, 2.45) is 0 Å². The number of aldehydes is 1. The van der Waals surface area contributed by atoms with Crippen LogP contribution in [0.3, 0.4) is 0 Å². The average Bonchev–Trinajstić information content (AvgIpc) is 3.48. The van der Waals surface area contributed by atoms with Crippen molar-refractivity contribution in [1.82, 2.24) is 14.1 Å². The number of rotatable bonds is 11. The lowest BCUT2D eigenvalue weighted by Crippen LogP contribution is -2.15. The maximum Gasteiger partial charge on any atom is 0.355 e. The molecule has 0 unspecified atom stereocenters. The summed E-state index contributed by atoms with van der Waals surface area (Å²) in [6.45, 7) is 6.56. The van der Waals surface area contributed by atoms with Gasteiger partial charge in [-0.3, -0.25) is 4.79 Å². The molecular weight excluding hydrogens is 470 g/mol. The number of aryl methyl sites for hydroxylation is 1. The molecule has 0 saturated carbocycles. The Balaban J connectivity index is 1.83. The fraction of sp³-hybridized carbons (Fsp3) is 0.310. The van der Waals surface area contributed by atoms with E-state index in [9.17, 15) is 14.4 Å². The van der Waals surface area contributed by atoms with Gasteiger partial charge in [-0.2, -0.15) is 0 Å². The predicted molar refractivity (Wildman–Crippen MR) is 141 cm³/mol. The van der Waals surface area contributed by atoms with Crippen molar-refractivity contribution in [3.05, 3.63) is 83.1 Å². The summed E-state index contributed by atoms with van der Waals surface area (Å²) >= 11 is 0.